The van der Waals surface area contributed by atoms with Gasteiger partial charge < -0.3 is 24.7 Å². The van der Waals surface area contributed by atoms with Crippen LogP contribution in [0.25, 0.3) is 11.4 Å². The summed E-state index contributed by atoms with van der Waals surface area (Å²) in [5, 5.41) is 11.0. The van der Waals surface area contributed by atoms with E-state index in [-0.39, 0.29) is 5.56 Å². The van der Waals surface area contributed by atoms with E-state index < -0.39 is 18.2 Å². The molecule has 12 heteroatoms. The first-order valence-electron chi connectivity index (χ1n) is 8.76. The monoisotopic (exact) mass is 418 g/mol. The van der Waals surface area contributed by atoms with Crippen LogP contribution in [0, 0.1) is 0 Å². The summed E-state index contributed by atoms with van der Waals surface area (Å²) in [5.41, 5.74) is 6.52. The maximum absolute atomic E-state index is 11.6. The van der Waals surface area contributed by atoms with E-state index in [0.29, 0.717) is 30.0 Å². The van der Waals surface area contributed by atoms with Gasteiger partial charge in [0.1, 0.15) is 6.04 Å². The third-order valence-electron chi connectivity index (χ3n) is 4.18. The quantitative estimate of drug-likeness (QED) is 0.753. The Morgan fingerprint density at radius 3 is 2.62 bits per heavy atom. The lowest BCUT2D eigenvalue weighted by Gasteiger charge is -2.13. The Balaban J connectivity index is 0.000000370. The van der Waals surface area contributed by atoms with E-state index in [0.717, 1.165) is 12.8 Å². The van der Waals surface area contributed by atoms with Crippen molar-refractivity contribution in [1.29, 1.82) is 0 Å². The van der Waals surface area contributed by atoms with Crippen molar-refractivity contribution in [3.8, 4) is 11.4 Å². The molecule has 1 fully saturated rings. The van der Waals surface area contributed by atoms with Crippen LogP contribution >= 0.6 is 0 Å². The molecule has 0 radical (unpaired) electrons. The summed E-state index contributed by atoms with van der Waals surface area (Å²) in [6, 6.07) is 2.78. The molecule has 160 valence electrons. The summed E-state index contributed by atoms with van der Waals surface area (Å²) in [6.45, 7) is 0.364. The van der Waals surface area contributed by atoms with Crippen LogP contribution in [0.15, 0.2) is 27.6 Å². The van der Waals surface area contributed by atoms with Crippen molar-refractivity contribution >= 4 is 5.97 Å². The number of aliphatic carboxylic acids is 1. The Morgan fingerprint density at radius 2 is 2.07 bits per heavy atom. The zero-order valence-electron chi connectivity index (χ0n) is 15.6. The van der Waals surface area contributed by atoms with Crippen LogP contribution in [0.3, 0.4) is 0 Å². The molecule has 2 aromatic rings. The molecule has 0 unspecified atom stereocenters. The average molecular weight is 418 g/mol. The highest BCUT2D eigenvalue weighted by atomic mass is 19.4. The minimum absolute atomic E-state index is 0.127. The molecule has 0 aromatic carbocycles. The second kappa shape index (κ2) is 9.65. The van der Waals surface area contributed by atoms with Gasteiger partial charge in [-0.25, -0.2) is 4.79 Å². The van der Waals surface area contributed by atoms with Crippen LogP contribution in [0.4, 0.5) is 13.2 Å². The molecule has 1 aliphatic rings. The largest absolute Gasteiger partial charge is 0.490 e. The molecular weight excluding hydrogens is 397 g/mol. The Labute approximate surface area is 163 Å². The van der Waals surface area contributed by atoms with Gasteiger partial charge in [0.15, 0.2) is 0 Å². The molecule has 0 amide bonds. The fourth-order valence-electron chi connectivity index (χ4n) is 2.56. The molecule has 1 saturated carbocycles. The number of aromatic nitrogens is 3. The maximum Gasteiger partial charge on any atom is 0.490 e. The van der Waals surface area contributed by atoms with Crippen molar-refractivity contribution < 1.29 is 32.3 Å². The number of carbonyl (C=O) groups is 1. The summed E-state index contributed by atoms with van der Waals surface area (Å²) in [7, 11) is 1.68. The molecule has 3 rings (SSSR count). The van der Waals surface area contributed by atoms with E-state index >= 15 is 0 Å². The third-order valence-corrected chi connectivity index (χ3v) is 4.18. The summed E-state index contributed by atoms with van der Waals surface area (Å²) >= 11 is 0. The number of nitrogens with two attached hydrogens (primary N) is 1. The zero-order valence-corrected chi connectivity index (χ0v) is 15.6. The highest BCUT2D eigenvalue weighted by Crippen LogP contribution is 2.23. The first kappa shape index (κ1) is 22.6. The molecule has 0 saturated heterocycles. The number of alkyl halides is 3. The van der Waals surface area contributed by atoms with E-state index in [1.807, 2.05) is 0 Å². The van der Waals surface area contributed by atoms with Gasteiger partial charge in [-0.2, -0.15) is 18.2 Å². The van der Waals surface area contributed by atoms with Crippen molar-refractivity contribution in [3.05, 3.63) is 34.6 Å². The molecular formula is C17H21F3N4O5. The second-order valence-corrected chi connectivity index (χ2v) is 6.47. The summed E-state index contributed by atoms with van der Waals surface area (Å²) in [6.07, 6.45) is 1.49. The van der Waals surface area contributed by atoms with E-state index in [2.05, 4.69) is 10.1 Å². The van der Waals surface area contributed by atoms with Crippen molar-refractivity contribution in [2.24, 2.45) is 12.8 Å². The normalized spacial score (nSPS) is 15.6. The topological polar surface area (TPSA) is 133 Å². The lowest BCUT2D eigenvalue weighted by molar-refractivity contribution is -0.192. The molecule has 2 aromatic heterocycles. The molecule has 0 aliphatic heterocycles. The van der Waals surface area contributed by atoms with Gasteiger partial charge in [-0.05, 0) is 18.9 Å². The predicted molar refractivity (Wildman–Crippen MR) is 93.8 cm³/mol. The number of hydrogen-bond acceptors (Lipinski definition) is 7. The van der Waals surface area contributed by atoms with Crippen LogP contribution < -0.4 is 11.3 Å². The molecule has 1 aliphatic carbocycles. The lowest BCUT2D eigenvalue weighted by Crippen LogP contribution is -2.21. The van der Waals surface area contributed by atoms with Gasteiger partial charge in [0.2, 0.25) is 11.7 Å². The number of ether oxygens (including phenoxy) is 1. The molecule has 0 spiro atoms. The average Bonchev–Trinajstić information content (AvgIpc) is 3.33. The Kier molecular flexibility index (Phi) is 7.51. The van der Waals surface area contributed by atoms with E-state index in [9.17, 15) is 18.0 Å². The van der Waals surface area contributed by atoms with Gasteiger partial charge in [0.05, 0.1) is 12.7 Å². The zero-order chi connectivity index (χ0) is 21.6. The van der Waals surface area contributed by atoms with E-state index in [1.165, 1.54) is 23.5 Å². The van der Waals surface area contributed by atoms with E-state index in [1.54, 1.807) is 19.3 Å². The number of pyridine rings is 1. The highest BCUT2D eigenvalue weighted by Gasteiger charge is 2.38. The van der Waals surface area contributed by atoms with Crippen LogP contribution in [0.1, 0.15) is 37.6 Å². The third kappa shape index (κ3) is 6.68. The van der Waals surface area contributed by atoms with Gasteiger partial charge >= 0.3 is 12.1 Å². The van der Waals surface area contributed by atoms with Gasteiger partial charge in [0.25, 0.3) is 5.56 Å². The van der Waals surface area contributed by atoms with Crippen LogP contribution in [-0.2, 0) is 16.6 Å². The maximum atomic E-state index is 11.6. The predicted octanol–water partition coefficient (Wildman–Crippen LogP) is 2.03. The molecule has 0 bridgehead atoms. The molecule has 9 nitrogen and oxygen atoms in total. The van der Waals surface area contributed by atoms with Crippen LogP contribution in [-0.4, -0.2) is 44.7 Å². The van der Waals surface area contributed by atoms with E-state index in [4.69, 9.17) is 24.9 Å². The van der Waals surface area contributed by atoms with Gasteiger partial charge in [0, 0.05) is 24.9 Å². The fraction of sp³-hybridized carbons (Fsp3) is 0.529. The minimum atomic E-state index is -5.08. The molecule has 2 heterocycles. The lowest BCUT2D eigenvalue weighted by atomic mass is 10.2. The van der Waals surface area contributed by atoms with Gasteiger partial charge in [-0.3, -0.25) is 4.79 Å². The Morgan fingerprint density at radius 1 is 1.45 bits per heavy atom. The number of halogens is 3. The van der Waals surface area contributed by atoms with Gasteiger partial charge in [-0.1, -0.05) is 18.0 Å². The summed E-state index contributed by atoms with van der Waals surface area (Å²) in [5.74, 6) is -2.06. The number of carboxylic acids is 1. The molecule has 29 heavy (non-hydrogen) atoms. The first-order chi connectivity index (χ1) is 13.6. The standard InChI is InChI=1S/C15H20N4O3.C2HF3O2/c1-19-7-6-10(8-13(19)20)14-17-15(22-18-14)12(16)9-21-11-4-2-3-5-11;3-2(4,5)1(6)7/h6-8,11-12H,2-5,9,16H2,1H3;(H,6,7)/t12-;/m0./s1. The number of rotatable bonds is 5. The highest BCUT2D eigenvalue weighted by molar-refractivity contribution is 5.73. The molecule has 1 atom stereocenters. The second-order valence-electron chi connectivity index (χ2n) is 6.47. The number of carboxylic acid groups (broad SMARTS) is 1. The molecule has 3 N–H and O–H groups in total. The number of aryl methyl sites for hydroxylation is 1. The minimum Gasteiger partial charge on any atom is -0.475 e. The van der Waals surface area contributed by atoms with Crippen molar-refractivity contribution in [1.82, 2.24) is 14.7 Å². The number of nitrogens with zero attached hydrogens (tertiary/aromatic N) is 3. The van der Waals surface area contributed by atoms with Crippen molar-refractivity contribution in [2.75, 3.05) is 6.61 Å². The van der Waals surface area contributed by atoms with Crippen molar-refractivity contribution in [2.45, 2.75) is 44.0 Å². The van der Waals surface area contributed by atoms with Crippen molar-refractivity contribution in [3.63, 3.8) is 0 Å². The van der Waals surface area contributed by atoms with Gasteiger partial charge in [-0.15, -0.1) is 0 Å². The Hall–Kier alpha value is -2.73. The SMILES string of the molecule is Cn1ccc(-c2noc([C@@H](N)COC3CCCC3)n2)cc1=O.O=C(O)C(F)(F)F. The smallest absolute Gasteiger partial charge is 0.475 e. The van der Waals surface area contributed by atoms with Crippen LogP contribution in [0.5, 0.6) is 0 Å². The summed E-state index contributed by atoms with van der Waals surface area (Å²) < 4.78 is 44.2. The first-order valence-corrected chi connectivity index (χ1v) is 8.76. The number of hydrogen-bond donors (Lipinski definition) is 2. The van der Waals surface area contributed by atoms with Crippen LogP contribution in [0.2, 0.25) is 0 Å². The Bertz CT molecular complexity index is 874. The fourth-order valence-corrected chi connectivity index (χ4v) is 2.56. The summed E-state index contributed by atoms with van der Waals surface area (Å²) in [4.78, 5) is 24.8.